The zero-order valence-corrected chi connectivity index (χ0v) is 8.57. The van der Waals surface area contributed by atoms with Gasteiger partial charge in [0.2, 0.25) is 0 Å². The quantitative estimate of drug-likeness (QED) is 0.789. The van der Waals surface area contributed by atoms with E-state index in [2.05, 4.69) is 25.0 Å². The number of hydrogen-bond donors (Lipinski definition) is 1. The second-order valence-electron chi connectivity index (χ2n) is 3.60. The van der Waals surface area contributed by atoms with Gasteiger partial charge in [-0.05, 0) is 25.5 Å². The average Bonchev–Trinajstić information content (AvgIpc) is 2.56. The van der Waals surface area contributed by atoms with Gasteiger partial charge in [-0.1, -0.05) is 19.1 Å². The number of fused-ring (bicyclic) bond motifs is 1. The number of nitrogen functional groups attached to an aromatic ring is 1. The van der Waals surface area contributed by atoms with E-state index in [0.717, 1.165) is 17.3 Å². The lowest BCUT2D eigenvalue weighted by molar-refractivity contribution is 0.495. The Kier molecular flexibility index (Phi) is 2.15. The first kappa shape index (κ1) is 9.06. The maximum Gasteiger partial charge on any atom is 0.153 e. The molecule has 0 radical (unpaired) electrons. The number of aromatic nitrogens is 2. The molecular formula is C11H15N3. The molecule has 1 atom stereocenters. The summed E-state index contributed by atoms with van der Waals surface area (Å²) in [7, 11) is 0. The van der Waals surface area contributed by atoms with Gasteiger partial charge in [0.05, 0.1) is 5.52 Å². The van der Waals surface area contributed by atoms with Gasteiger partial charge >= 0.3 is 0 Å². The summed E-state index contributed by atoms with van der Waals surface area (Å²) in [6.45, 7) is 4.30. The average molecular weight is 189 g/mol. The highest BCUT2D eigenvalue weighted by atomic mass is 15.3. The Bertz CT molecular complexity index is 445. The van der Waals surface area contributed by atoms with Crippen molar-refractivity contribution in [2.45, 2.75) is 26.3 Å². The molecule has 74 valence electrons. The summed E-state index contributed by atoms with van der Waals surface area (Å²) in [5.74, 6) is 0.626. The van der Waals surface area contributed by atoms with Gasteiger partial charge in [-0.3, -0.25) is 4.68 Å². The molecular weight excluding hydrogens is 174 g/mol. The van der Waals surface area contributed by atoms with Crippen LogP contribution in [0.4, 0.5) is 5.82 Å². The van der Waals surface area contributed by atoms with E-state index >= 15 is 0 Å². The molecule has 2 rings (SSSR count). The molecule has 1 aromatic heterocycles. The lowest BCUT2D eigenvalue weighted by Crippen LogP contribution is -2.05. The largest absolute Gasteiger partial charge is 0.382 e. The van der Waals surface area contributed by atoms with Crippen molar-refractivity contribution in [2.75, 3.05) is 5.73 Å². The predicted molar refractivity (Wildman–Crippen MR) is 59.1 cm³/mol. The third-order valence-electron chi connectivity index (χ3n) is 2.65. The van der Waals surface area contributed by atoms with E-state index in [1.54, 1.807) is 0 Å². The third-order valence-corrected chi connectivity index (χ3v) is 2.65. The summed E-state index contributed by atoms with van der Waals surface area (Å²) in [6, 6.07) is 8.47. The molecule has 0 bridgehead atoms. The Balaban J connectivity index is 2.66. The van der Waals surface area contributed by atoms with Crippen LogP contribution >= 0.6 is 0 Å². The first-order valence-electron chi connectivity index (χ1n) is 4.96. The van der Waals surface area contributed by atoms with Crippen molar-refractivity contribution >= 4 is 16.7 Å². The molecule has 2 aromatic rings. The van der Waals surface area contributed by atoms with Gasteiger partial charge in [0, 0.05) is 11.4 Å². The van der Waals surface area contributed by atoms with Crippen LogP contribution in [0.15, 0.2) is 24.3 Å². The number of nitrogens with zero attached hydrogens (tertiary/aromatic N) is 2. The summed E-state index contributed by atoms with van der Waals surface area (Å²) >= 11 is 0. The maximum atomic E-state index is 5.84. The summed E-state index contributed by atoms with van der Waals surface area (Å²) in [5, 5.41) is 5.40. The van der Waals surface area contributed by atoms with Gasteiger partial charge in [0.1, 0.15) is 0 Å². The third kappa shape index (κ3) is 1.25. The highest BCUT2D eigenvalue weighted by Gasteiger charge is 2.10. The summed E-state index contributed by atoms with van der Waals surface area (Å²) in [4.78, 5) is 0. The Morgan fingerprint density at radius 3 is 2.86 bits per heavy atom. The van der Waals surface area contributed by atoms with Crippen molar-refractivity contribution in [3.05, 3.63) is 24.3 Å². The van der Waals surface area contributed by atoms with Crippen molar-refractivity contribution in [2.24, 2.45) is 0 Å². The summed E-state index contributed by atoms with van der Waals surface area (Å²) < 4.78 is 2.00. The van der Waals surface area contributed by atoms with Crippen LogP contribution in [0.25, 0.3) is 10.9 Å². The Morgan fingerprint density at radius 2 is 2.14 bits per heavy atom. The van der Waals surface area contributed by atoms with Crippen molar-refractivity contribution in [1.82, 2.24) is 9.78 Å². The minimum atomic E-state index is 0.400. The van der Waals surface area contributed by atoms with Gasteiger partial charge in [0.25, 0.3) is 0 Å². The summed E-state index contributed by atoms with van der Waals surface area (Å²) in [6.07, 6.45) is 1.06. The standard InChI is InChI=1S/C11H15N3/c1-3-8(2)14-10-7-5-4-6-9(10)11(12)13-14/h4-8H,3H2,1-2H3,(H2,12,13). The molecule has 1 aromatic carbocycles. The Labute approximate surface area is 83.5 Å². The molecule has 2 N–H and O–H groups in total. The number of anilines is 1. The fourth-order valence-electron chi connectivity index (χ4n) is 1.62. The topological polar surface area (TPSA) is 43.8 Å². The number of rotatable bonds is 2. The minimum Gasteiger partial charge on any atom is -0.382 e. The first-order chi connectivity index (χ1) is 6.74. The van der Waals surface area contributed by atoms with Crippen molar-refractivity contribution in [1.29, 1.82) is 0 Å². The van der Waals surface area contributed by atoms with Crippen molar-refractivity contribution < 1.29 is 0 Å². The second-order valence-corrected chi connectivity index (χ2v) is 3.60. The fraction of sp³-hybridized carbons (Fsp3) is 0.364. The van der Waals surface area contributed by atoms with Crippen LogP contribution in [-0.4, -0.2) is 9.78 Å². The van der Waals surface area contributed by atoms with Gasteiger partial charge in [-0.15, -0.1) is 0 Å². The molecule has 0 aliphatic rings. The molecule has 1 heterocycles. The van der Waals surface area contributed by atoms with Crippen LogP contribution in [0.3, 0.4) is 0 Å². The summed E-state index contributed by atoms with van der Waals surface area (Å²) in [5.41, 5.74) is 6.96. The zero-order chi connectivity index (χ0) is 10.1. The number of para-hydroxylation sites is 1. The first-order valence-corrected chi connectivity index (χ1v) is 4.96. The van der Waals surface area contributed by atoms with E-state index < -0.39 is 0 Å². The van der Waals surface area contributed by atoms with E-state index in [1.165, 1.54) is 0 Å². The number of nitrogens with two attached hydrogens (primary N) is 1. The van der Waals surface area contributed by atoms with E-state index in [1.807, 2.05) is 22.9 Å². The fourth-order valence-corrected chi connectivity index (χ4v) is 1.62. The molecule has 0 saturated carbocycles. The molecule has 0 saturated heterocycles. The van der Waals surface area contributed by atoms with Crippen LogP contribution in [-0.2, 0) is 0 Å². The van der Waals surface area contributed by atoms with Crippen LogP contribution < -0.4 is 5.73 Å². The molecule has 0 spiro atoms. The number of benzene rings is 1. The molecule has 14 heavy (non-hydrogen) atoms. The SMILES string of the molecule is CCC(C)n1nc(N)c2ccccc21. The van der Waals surface area contributed by atoms with E-state index in [-0.39, 0.29) is 0 Å². The van der Waals surface area contributed by atoms with Gasteiger partial charge < -0.3 is 5.73 Å². The molecule has 0 aliphatic carbocycles. The van der Waals surface area contributed by atoms with E-state index in [4.69, 9.17) is 5.73 Å². The number of hydrogen-bond acceptors (Lipinski definition) is 2. The normalized spacial score (nSPS) is 13.3. The highest BCUT2D eigenvalue weighted by molar-refractivity contribution is 5.89. The Hall–Kier alpha value is -1.51. The molecule has 0 aliphatic heterocycles. The van der Waals surface area contributed by atoms with Gasteiger partial charge in [0.15, 0.2) is 5.82 Å². The molecule has 3 heteroatoms. The van der Waals surface area contributed by atoms with Gasteiger partial charge in [-0.2, -0.15) is 5.10 Å². The van der Waals surface area contributed by atoms with E-state index in [9.17, 15) is 0 Å². The Morgan fingerprint density at radius 1 is 1.43 bits per heavy atom. The molecule has 3 nitrogen and oxygen atoms in total. The smallest absolute Gasteiger partial charge is 0.153 e. The minimum absolute atomic E-state index is 0.400. The van der Waals surface area contributed by atoms with Crippen LogP contribution in [0.1, 0.15) is 26.3 Å². The predicted octanol–water partition coefficient (Wildman–Crippen LogP) is 2.59. The molecule has 1 unspecified atom stereocenters. The molecule has 0 fully saturated rings. The van der Waals surface area contributed by atoms with Crippen molar-refractivity contribution in [3.8, 4) is 0 Å². The molecule has 0 amide bonds. The lowest BCUT2D eigenvalue weighted by atomic mass is 10.2. The zero-order valence-electron chi connectivity index (χ0n) is 8.57. The van der Waals surface area contributed by atoms with Crippen LogP contribution in [0.5, 0.6) is 0 Å². The van der Waals surface area contributed by atoms with Crippen LogP contribution in [0, 0.1) is 0 Å². The highest BCUT2D eigenvalue weighted by Crippen LogP contribution is 2.23. The van der Waals surface area contributed by atoms with E-state index in [0.29, 0.717) is 11.9 Å². The lowest BCUT2D eigenvalue weighted by Gasteiger charge is -2.09. The monoisotopic (exact) mass is 189 g/mol. The van der Waals surface area contributed by atoms with Crippen molar-refractivity contribution in [3.63, 3.8) is 0 Å². The maximum absolute atomic E-state index is 5.84. The van der Waals surface area contributed by atoms with Crippen LogP contribution in [0.2, 0.25) is 0 Å². The van der Waals surface area contributed by atoms with Gasteiger partial charge in [-0.25, -0.2) is 0 Å². The second kappa shape index (κ2) is 3.33.